The van der Waals surface area contributed by atoms with Gasteiger partial charge in [-0.05, 0) is 25.0 Å². The van der Waals surface area contributed by atoms with E-state index in [1.54, 1.807) is 35.2 Å². The highest BCUT2D eigenvalue weighted by atomic mass is 32.2. The average Bonchev–Trinajstić information content (AvgIpc) is 2.67. The van der Waals surface area contributed by atoms with Crippen molar-refractivity contribution >= 4 is 26.0 Å². The Morgan fingerprint density at radius 3 is 2.15 bits per heavy atom. The standard InChI is InChI=1S/C17H25N3O5S2/c1-26(22,23)20-9-5-6-15(14-20)17(21)18-10-12-19(13-11-18)27(24,25)16-7-3-2-4-8-16/h2-4,7-8,15H,5-6,9-14H2,1H3. The van der Waals surface area contributed by atoms with Crippen LogP contribution in [0, 0.1) is 5.92 Å². The minimum absolute atomic E-state index is 0.0832. The highest BCUT2D eigenvalue weighted by Gasteiger charge is 2.35. The number of sulfonamides is 2. The first-order valence-electron chi connectivity index (χ1n) is 8.99. The van der Waals surface area contributed by atoms with Crippen LogP contribution in [0.15, 0.2) is 35.2 Å². The van der Waals surface area contributed by atoms with Crippen LogP contribution >= 0.6 is 0 Å². The van der Waals surface area contributed by atoms with Gasteiger partial charge >= 0.3 is 0 Å². The van der Waals surface area contributed by atoms with Gasteiger partial charge in [-0.25, -0.2) is 21.1 Å². The summed E-state index contributed by atoms with van der Waals surface area (Å²) in [6.45, 7) is 1.78. The van der Waals surface area contributed by atoms with Gasteiger partial charge in [-0.15, -0.1) is 0 Å². The van der Waals surface area contributed by atoms with Gasteiger partial charge in [0.05, 0.1) is 17.1 Å². The van der Waals surface area contributed by atoms with Gasteiger partial charge in [0.2, 0.25) is 26.0 Å². The minimum Gasteiger partial charge on any atom is -0.340 e. The quantitative estimate of drug-likeness (QED) is 0.700. The molecule has 0 saturated carbocycles. The molecule has 2 fully saturated rings. The van der Waals surface area contributed by atoms with E-state index in [1.165, 1.54) is 8.61 Å². The zero-order chi connectivity index (χ0) is 19.7. The zero-order valence-electron chi connectivity index (χ0n) is 15.3. The summed E-state index contributed by atoms with van der Waals surface area (Å²) in [6, 6.07) is 8.26. The van der Waals surface area contributed by atoms with Gasteiger partial charge in [0.15, 0.2) is 0 Å². The van der Waals surface area contributed by atoms with Crippen molar-refractivity contribution in [1.82, 2.24) is 13.5 Å². The molecule has 2 heterocycles. The van der Waals surface area contributed by atoms with Crippen LogP contribution < -0.4 is 0 Å². The molecule has 8 nitrogen and oxygen atoms in total. The van der Waals surface area contributed by atoms with Crippen LogP contribution in [0.1, 0.15) is 12.8 Å². The maximum atomic E-state index is 12.8. The fourth-order valence-corrected chi connectivity index (χ4v) is 5.95. The van der Waals surface area contributed by atoms with Crippen LogP contribution in [-0.4, -0.2) is 81.8 Å². The largest absolute Gasteiger partial charge is 0.340 e. The lowest BCUT2D eigenvalue weighted by atomic mass is 9.98. The number of nitrogens with zero attached hydrogens (tertiary/aromatic N) is 3. The van der Waals surface area contributed by atoms with Crippen molar-refractivity contribution in [2.24, 2.45) is 5.92 Å². The summed E-state index contributed by atoms with van der Waals surface area (Å²) >= 11 is 0. The number of hydrogen-bond donors (Lipinski definition) is 0. The molecule has 1 aromatic rings. The summed E-state index contributed by atoms with van der Waals surface area (Å²) in [5.74, 6) is -0.439. The molecule has 1 aromatic carbocycles. The van der Waals surface area contributed by atoms with E-state index in [1.807, 2.05) is 0 Å². The van der Waals surface area contributed by atoms with E-state index in [0.717, 1.165) is 6.26 Å². The Labute approximate surface area is 160 Å². The molecule has 2 aliphatic heterocycles. The van der Waals surface area contributed by atoms with E-state index in [2.05, 4.69) is 0 Å². The van der Waals surface area contributed by atoms with Gasteiger partial charge in [-0.1, -0.05) is 18.2 Å². The molecule has 10 heteroatoms. The number of rotatable bonds is 4. The smallest absolute Gasteiger partial charge is 0.243 e. The molecule has 0 bridgehead atoms. The summed E-state index contributed by atoms with van der Waals surface area (Å²) in [5.41, 5.74) is 0. The third-order valence-corrected chi connectivity index (χ3v) is 8.32. The predicted molar refractivity (Wildman–Crippen MR) is 101 cm³/mol. The molecule has 0 spiro atoms. The van der Waals surface area contributed by atoms with Gasteiger partial charge in [0.25, 0.3) is 0 Å². The highest BCUT2D eigenvalue weighted by Crippen LogP contribution is 2.23. The number of piperidine rings is 1. The SMILES string of the molecule is CS(=O)(=O)N1CCCC(C(=O)N2CCN(S(=O)(=O)c3ccccc3)CC2)C1. The second-order valence-corrected chi connectivity index (χ2v) is 10.9. The summed E-state index contributed by atoms with van der Waals surface area (Å²) in [4.78, 5) is 14.7. The van der Waals surface area contributed by atoms with Crippen LogP contribution in [-0.2, 0) is 24.8 Å². The average molecular weight is 416 g/mol. The number of hydrogen-bond acceptors (Lipinski definition) is 5. The van der Waals surface area contributed by atoms with Crippen molar-refractivity contribution in [3.63, 3.8) is 0 Å². The maximum Gasteiger partial charge on any atom is 0.243 e. The van der Waals surface area contributed by atoms with Crippen molar-refractivity contribution in [2.45, 2.75) is 17.7 Å². The molecule has 0 aliphatic carbocycles. The van der Waals surface area contributed by atoms with Crippen molar-refractivity contribution in [3.8, 4) is 0 Å². The van der Waals surface area contributed by atoms with Crippen molar-refractivity contribution < 1.29 is 21.6 Å². The molecule has 150 valence electrons. The van der Waals surface area contributed by atoms with E-state index in [0.29, 0.717) is 32.5 Å². The Morgan fingerprint density at radius 2 is 1.56 bits per heavy atom. The molecule has 0 radical (unpaired) electrons. The van der Waals surface area contributed by atoms with Gasteiger partial charge in [-0.3, -0.25) is 4.79 Å². The van der Waals surface area contributed by atoms with Crippen molar-refractivity contribution in [2.75, 3.05) is 45.5 Å². The van der Waals surface area contributed by atoms with Gasteiger partial charge in [0.1, 0.15) is 0 Å². The van der Waals surface area contributed by atoms with Crippen LogP contribution in [0.5, 0.6) is 0 Å². The van der Waals surface area contributed by atoms with Gasteiger partial charge < -0.3 is 4.90 Å². The number of piperazine rings is 1. The lowest BCUT2D eigenvalue weighted by Crippen LogP contribution is -2.53. The zero-order valence-corrected chi connectivity index (χ0v) is 17.0. The molecule has 0 N–H and O–H groups in total. The molecule has 1 atom stereocenters. The fourth-order valence-electron chi connectivity index (χ4n) is 3.59. The predicted octanol–water partition coefficient (Wildman–Crippen LogP) is 0.191. The van der Waals surface area contributed by atoms with Crippen LogP contribution in [0.2, 0.25) is 0 Å². The molecular formula is C17H25N3O5S2. The first kappa shape index (κ1) is 20.2. The lowest BCUT2D eigenvalue weighted by Gasteiger charge is -2.38. The Morgan fingerprint density at radius 1 is 0.926 bits per heavy atom. The first-order valence-corrected chi connectivity index (χ1v) is 12.3. The molecule has 27 heavy (non-hydrogen) atoms. The molecule has 3 rings (SSSR count). The second kappa shape index (κ2) is 7.86. The Kier molecular flexibility index (Phi) is 5.90. The maximum absolute atomic E-state index is 12.8. The lowest BCUT2D eigenvalue weighted by molar-refractivity contribution is -0.137. The number of amides is 1. The number of carbonyl (C=O) groups is 1. The van der Waals surface area contributed by atoms with E-state index >= 15 is 0 Å². The third kappa shape index (κ3) is 4.50. The highest BCUT2D eigenvalue weighted by molar-refractivity contribution is 7.89. The monoisotopic (exact) mass is 415 g/mol. The molecule has 2 saturated heterocycles. The van der Waals surface area contributed by atoms with Gasteiger partial charge in [-0.2, -0.15) is 4.31 Å². The van der Waals surface area contributed by atoms with Crippen LogP contribution in [0.25, 0.3) is 0 Å². The van der Waals surface area contributed by atoms with Crippen molar-refractivity contribution in [3.05, 3.63) is 30.3 Å². The molecule has 2 aliphatic rings. The third-order valence-electron chi connectivity index (χ3n) is 5.13. The van der Waals surface area contributed by atoms with E-state index in [-0.39, 0.29) is 36.4 Å². The van der Waals surface area contributed by atoms with Crippen molar-refractivity contribution in [1.29, 1.82) is 0 Å². The topological polar surface area (TPSA) is 95.1 Å². The van der Waals surface area contributed by atoms with Gasteiger partial charge in [0, 0.05) is 39.3 Å². The summed E-state index contributed by atoms with van der Waals surface area (Å²) < 4.78 is 51.6. The summed E-state index contributed by atoms with van der Waals surface area (Å²) in [6.07, 6.45) is 2.48. The number of carbonyl (C=O) groups excluding carboxylic acids is 1. The summed E-state index contributed by atoms with van der Waals surface area (Å²) in [5, 5.41) is 0. The minimum atomic E-state index is -3.56. The van der Waals surface area contributed by atoms with E-state index in [4.69, 9.17) is 0 Å². The Bertz CT molecular complexity index is 878. The number of benzene rings is 1. The summed E-state index contributed by atoms with van der Waals surface area (Å²) in [7, 11) is -6.86. The normalized spacial score (nSPS) is 23.3. The van der Waals surface area contributed by atoms with E-state index in [9.17, 15) is 21.6 Å². The molecular weight excluding hydrogens is 390 g/mol. The van der Waals surface area contributed by atoms with E-state index < -0.39 is 20.0 Å². The fraction of sp³-hybridized carbons (Fsp3) is 0.588. The molecule has 1 amide bonds. The van der Waals surface area contributed by atoms with Crippen LogP contribution in [0.3, 0.4) is 0 Å². The first-order chi connectivity index (χ1) is 12.7. The Balaban J connectivity index is 1.61. The molecule has 0 aromatic heterocycles. The van der Waals surface area contributed by atoms with Crippen LogP contribution in [0.4, 0.5) is 0 Å². The Hall–Kier alpha value is -1.49. The second-order valence-electron chi connectivity index (χ2n) is 7.00. The molecule has 1 unspecified atom stereocenters.